The lowest BCUT2D eigenvalue weighted by atomic mass is 9.88. The Labute approximate surface area is 107 Å². The Kier molecular flexibility index (Phi) is 2.85. The van der Waals surface area contributed by atoms with Crippen LogP contribution in [-0.4, -0.2) is 10.9 Å². The van der Waals surface area contributed by atoms with E-state index in [9.17, 15) is 0 Å². The van der Waals surface area contributed by atoms with Gasteiger partial charge in [0.25, 0.3) is 0 Å². The van der Waals surface area contributed by atoms with Crippen molar-refractivity contribution in [3.63, 3.8) is 0 Å². The number of nitrogens with zero attached hydrogens (tertiary/aromatic N) is 1. The molecule has 0 bridgehead atoms. The zero-order valence-electron chi connectivity index (χ0n) is 10.1. The van der Waals surface area contributed by atoms with Gasteiger partial charge in [-0.1, -0.05) is 53.7 Å². The normalized spacial score (nSPS) is 16.6. The summed E-state index contributed by atoms with van der Waals surface area (Å²) in [6, 6.07) is 16.8. The molecule has 0 spiro atoms. The van der Waals surface area contributed by atoms with Crippen LogP contribution in [0.1, 0.15) is 24.0 Å². The number of fused-ring (bicyclic) bond motifs is 1. The number of benzene rings is 2. The molecule has 90 valence electrons. The van der Waals surface area contributed by atoms with Crippen molar-refractivity contribution in [1.82, 2.24) is 0 Å². The van der Waals surface area contributed by atoms with Gasteiger partial charge in [0.2, 0.25) is 0 Å². The van der Waals surface area contributed by atoms with Gasteiger partial charge in [0.05, 0.1) is 5.71 Å². The maximum absolute atomic E-state index is 9.01. The van der Waals surface area contributed by atoms with Gasteiger partial charge < -0.3 is 5.21 Å². The summed E-state index contributed by atoms with van der Waals surface area (Å²) in [5.41, 5.74) is 5.66. The molecule has 1 aliphatic rings. The van der Waals surface area contributed by atoms with Crippen molar-refractivity contribution in [3.8, 4) is 11.1 Å². The predicted molar refractivity (Wildman–Crippen MR) is 73.1 cm³/mol. The largest absolute Gasteiger partial charge is 0.411 e. The van der Waals surface area contributed by atoms with Gasteiger partial charge in [-0.2, -0.15) is 0 Å². The first-order valence-corrected chi connectivity index (χ1v) is 6.28. The lowest BCUT2D eigenvalue weighted by Crippen LogP contribution is -2.11. The second-order valence-electron chi connectivity index (χ2n) is 4.64. The molecular formula is C16H15NO. The Morgan fingerprint density at radius 1 is 0.889 bits per heavy atom. The predicted octanol–water partition coefficient (Wildman–Crippen LogP) is 3.87. The topological polar surface area (TPSA) is 32.6 Å². The van der Waals surface area contributed by atoms with Crippen LogP contribution in [0.3, 0.4) is 0 Å². The van der Waals surface area contributed by atoms with Crippen molar-refractivity contribution in [2.24, 2.45) is 5.16 Å². The van der Waals surface area contributed by atoms with Gasteiger partial charge in [-0.05, 0) is 36.0 Å². The minimum absolute atomic E-state index is 0.816. The molecule has 0 heterocycles. The zero-order chi connectivity index (χ0) is 12.4. The minimum Gasteiger partial charge on any atom is -0.411 e. The van der Waals surface area contributed by atoms with E-state index >= 15 is 0 Å². The highest BCUT2D eigenvalue weighted by atomic mass is 16.4. The smallest absolute Gasteiger partial charge is 0.0870 e. The summed E-state index contributed by atoms with van der Waals surface area (Å²) >= 11 is 0. The first-order chi connectivity index (χ1) is 8.88. The molecule has 0 aromatic heterocycles. The molecular weight excluding hydrogens is 222 g/mol. The van der Waals surface area contributed by atoms with Gasteiger partial charge in [-0.15, -0.1) is 0 Å². The summed E-state index contributed by atoms with van der Waals surface area (Å²) in [5, 5.41) is 12.4. The van der Waals surface area contributed by atoms with Gasteiger partial charge in [0, 0.05) is 5.56 Å². The molecule has 0 radical (unpaired) electrons. The fourth-order valence-electron chi connectivity index (χ4n) is 2.58. The van der Waals surface area contributed by atoms with E-state index in [0.717, 1.165) is 30.5 Å². The Balaban J connectivity index is 2.07. The zero-order valence-corrected chi connectivity index (χ0v) is 10.1. The molecule has 0 atom stereocenters. The summed E-state index contributed by atoms with van der Waals surface area (Å²) in [5.74, 6) is 0. The fraction of sp³-hybridized carbons (Fsp3) is 0.188. The Morgan fingerprint density at radius 2 is 1.72 bits per heavy atom. The summed E-state index contributed by atoms with van der Waals surface area (Å²) in [7, 11) is 0. The average Bonchev–Trinajstić information content (AvgIpc) is 2.47. The number of hydrogen-bond donors (Lipinski definition) is 1. The lowest BCUT2D eigenvalue weighted by Gasteiger charge is -2.17. The molecule has 2 aromatic rings. The molecule has 0 amide bonds. The van der Waals surface area contributed by atoms with Gasteiger partial charge in [-0.3, -0.25) is 0 Å². The molecule has 3 rings (SSSR count). The van der Waals surface area contributed by atoms with Crippen LogP contribution in [0.2, 0.25) is 0 Å². The quantitative estimate of drug-likeness (QED) is 0.592. The van der Waals surface area contributed by atoms with Crippen LogP contribution in [0.15, 0.2) is 53.7 Å². The number of aryl methyl sites for hydroxylation is 1. The van der Waals surface area contributed by atoms with Crippen molar-refractivity contribution in [2.75, 3.05) is 0 Å². The molecule has 0 saturated carbocycles. The standard InChI is InChI=1S/C16H15NO/c18-17-16-8-4-7-14-11-13(9-10-15(14)16)12-5-2-1-3-6-12/h1-3,5-6,9-11,18H,4,7-8H2/b17-16+. The van der Waals surface area contributed by atoms with Gasteiger partial charge in [-0.25, -0.2) is 0 Å². The molecule has 0 aliphatic heterocycles. The SMILES string of the molecule is O/N=C1\CCCc2cc(-c3ccccc3)ccc21. The Bertz CT molecular complexity index is 587. The van der Waals surface area contributed by atoms with Crippen molar-refractivity contribution in [2.45, 2.75) is 19.3 Å². The van der Waals surface area contributed by atoms with Crippen LogP contribution in [0.25, 0.3) is 11.1 Å². The highest BCUT2D eigenvalue weighted by Gasteiger charge is 2.16. The van der Waals surface area contributed by atoms with E-state index in [4.69, 9.17) is 5.21 Å². The van der Waals surface area contributed by atoms with Crippen molar-refractivity contribution >= 4 is 5.71 Å². The lowest BCUT2D eigenvalue weighted by molar-refractivity contribution is 0.317. The third-order valence-corrected chi connectivity index (χ3v) is 3.50. The number of hydrogen-bond acceptors (Lipinski definition) is 2. The van der Waals surface area contributed by atoms with Crippen LogP contribution >= 0.6 is 0 Å². The van der Waals surface area contributed by atoms with Crippen molar-refractivity contribution in [1.29, 1.82) is 0 Å². The van der Waals surface area contributed by atoms with Gasteiger partial charge in [0.1, 0.15) is 0 Å². The highest BCUT2D eigenvalue weighted by Crippen LogP contribution is 2.27. The monoisotopic (exact) mass is 237 g/mol. The molecule has 18 heavy (non-hydrogen) atoms. The molecule has 1 N–H and O–H groups in total. The van der Waals surface area contributed by atoms with Crippen LogP contribution in [0.4, 0.5) is 0 Å². The molecule has 0 saturated heterocycles. The highest BCUT2D eigenvalue weighted by molar-refractivity contribution is 6.02. The maximum Gasteiger partial charge on any atom is 0.0870 e. The summed E-state index contributed by atoms with van der Waals surface area (Å²) in [4.78, 5) is 0. The maximum atomic E-state index is 9.01. The van der Waals surface area contributed by atoms with Crippen molar-refractivity contribution in [3.05, 3.63) is 59.7 Å². The summed E-state index contributed by atoms with van der Waals surface area (Å²) in [6.45, 7) is 0. The third kappa shape index (κ3) is 1.90. The number of oxime groups is 1. The van der Waals surface area contributed by atoms with E-state index in [2.05, 4.69) is 47.6 Å². The van der Waals surface area contributed by atoms with Crippen LogP contribution in [0.5, 0.6) is 0 Å². The second kappa shape index (κ2) is 4.65. The van der Waals surface area contributed by atoms with Gasteiger partial charge >= 0.3 is 0 Å². The number of rotatable bonds is 1. The molecule has 0 fully saturated rings. The summed E-state index contributed by atoms with van der Waals surface area (Å²) < 4.78 is 0. The molecule has 2 heteroatoms. The van der Waals surface area contributed by atoms with Gasteiger partial charge in [0.15, 0.2) is 0 Å². The van der Waals surface area contributed by atoms with E-state index in [1.165, 1.54) is 16.7 Å². The molecule has 2 aromatic carbocycles. The van der Waals surface area contributed by atoms with E-state index in [1.807, 2.05) is 6.07 Å². The average molecular weight is 237 g/mol. The molecule has 0 unspecified atom stereocenters. The summed E-state index contributed by atoms with van der Waals surface area (Å²) in [6.07, 6.45) is 2.99. The minimum atomic E-state index is 0.816. The first kappa shape index (κ1) is 11.0. The van der Waals surface area contributed by atoms with E-state index < -0.39 is 0 Å². The first-order valence-electron chi connectivity index (χ1n) is 6.28. The van der Waals surface area contributed by atoms with E-state index in [-0.39, 0.29) is 0 Å². The second-order valence-corrected chi connectivity index (χ2v) is 4.64. The Morgan fingerprint density at radius 3 is 2.50 bits per heavy atom. The van der Waals surface area contributed by atoms with Crippen LogP contribution in [0, 0.1) is 0 Å². The van der Waals surface area contributed by atoms with E-state index in [0.29, 0.717) is 0 Å². The Hall–Kier alpha value is -2.09. The van der Waals surface area contributed by atoms with Crippen LogP contribution < -0.4 is 0 Å². The van der Waals surface area contributed by atoms with E-state index in [1.54, 1.807) is 0 Å². The molecule has 1 aliphatic carbocycles. The molecule has 2 nitrogen and oxygen atoms in total. The third-order valence-electron chi connectivity index (χ3n) is 3.50. The van der Waals surface area contributed by atoms with Crippen LogP contribution in [-0.2, 0) is 6.42 Å². The fourth-order valence-corrected chi connectivity index (χ4v) is 2.58. The van der Waals surface area contributed by atoms with Crippen molar-refractivity contribution < 1.29 is 5.21 Å².